The third-order valence-corrected chi connectivity index (χ3v) is 3.17. The first-order chi connectivity index (χ1) is 9.88. The molecule has 0 fully saturated rings. The summed E-state index contributed by atoms with van der Waals surface area (Å²) >= 11 is 5.71. The van der Waals surface area contributed by atoms with Crippen molar-refractivity contribution < 1.29 is 19.6 Å². The number of benzene rings is 1. The van der Waals surface area contributed by atoms with Gasteiger partial charge >= 0.3 is 11.7 Å². The molecule has 0 spiro atoms. The van der Waals surface area contributed by atoms with Crippen molar-refractivity contribution in [1.29, 1.82) is 0 Å². The molecule has 8 heteroatoms. The number of halogens is 1. The van der Waals surface area contributed by atoms with Crippen molar-refractivity contribution in [2.24, 2.45) is 0 Å². The van der Waals surface area contributed by atoms with Gasteiger partial charge in [-0.25, -0.2) is 4.79 Å². The van der Waals surface area contributed by atoms with E-state index in [-0.39, 0.29) is 17.0 Å². The predicted molar refractivity (Wildman–Crippen MR) is 76.5 cm³/mol. The Morgan fingerprint density at radius 1 is 1.48 bits per heavy atom. The van der Waals surface area contributed by atoms with Gasteiger partial charge in [-0.05, 0) is 18.6 Å². The number of hydrogen-bond acceptors (Lipinski definition) is 4. The van der Waals surface area contributed by atoms with Gasteiger partial charge in [-0.3, -0.25) is 14.9 Å². The lowest BCUT2D eigenvalue weighted by Gasteiger charge is -2.14. The average molecular weight is 315 g/mol. The normalized spacial score (nSPS) is 11.7. The monoisotopic (exact) mass is 314 g/mol. The van der Waals surface area contributed by atoms with E-state index in [0.717, 1.165) is 6.42 Å². The molecule has 0 radical (unpaired) electrons. The fraction of sp³-hybridized carbons (Fsp3) is 0.385. The summed E-state index contributed by atoms with van der Waals surface area (Å²) in [7, 11) is 0. The Hall–Kier alpha value is -2.15. The summed E-state index contributed by atoms with van der Waals surface area (Å²) in [5.41, 5.74) is -0.786. The number of carboxylic acids is 1. The smallest absolute Gasteiger partial charge is 0.326 e. The molecule has 0 heterocycles. The second-order valence-electron chi connectivity index (χ2n) is 4.40. The molecule has 21 heavy (non-hydrogen) atoms. The molecule has 0 aliphatic heterocycles. The van der Waals surface area contributed by atoms with E-state index in [0.29, 0.717) is 6.42 Å². The van der Waals surface area contributed by atoms with Gasteiger partial charge in [0.15, 0.2) is 0 Å². The number of carbonyl (C=O) groups is 2. The van der Waals surface area contributed by atoms with Crippen LogP contribution in [-0.4, -0.2) is 27.9 Å². The lowest BCUT2D eigenvalue weighted by atomic mass is 10.1. The van der Waals surface area contributed by atoms with Gasteiger partial charge in [0, 0.05) is 0 Å². The molecule has 0 bridgehead atoms. The van der Waals surface area contributed by atoms with Crippen LogP contribution in [0.25, 0.3) is 0 Å². The molecule has 0 aliphatic carbocycles. The van der Waals surface area contributed by atoms with Crippen LogP contribution in [0.4, 0.5) is 5.69 Å². The Bertz CT molecular complexity index is 561. The van der Waals surface area contributed by atoms with Gasteiger partial charge in [0.1, 0.15) is 16.6 Å². The topological polar surface area (TPSA) is 110 Å². The summed E-state index contributed by atoms with van der Waals surface area (Å²) in [6.45, 7) is 1.89. The number of unbranched alkanes of at least 4 members (excludes halogenated alkanes) is 1. The highest BCUT2D eigenvalue weighted by Gasteiger charge is 2.27. The van der Waals surface area contributed by atoms with Crippen molar-refractivity contribution >= 4 is 29.2 Å². The van der Waals surface area contributed by atoms with Crippen molar-refractivity contribution in [3.05, 3.63) is 38.9 Å². The summed E-state index contributed by atoms with van der Waals surface area (Å²) in [6, 6.07) is 2.84. The summed E-state index contributed by atoms with van der Waals surface area (Å²) < 4.78 is 0. The van der Waals surface area contributed by atoms with Crippen molar-refractivity contribution in [3.63, 3.8) is 0 Å². The number of carboxylic acid groups (broad SMARTS) is 1. The zero-order chi connectivity index (χ0) is 16.0. The molecule has 2 N–H and O–H groups in total. The SMILES string of the molecule is CCCC[C@H](NC(=O)c1cccc(Cl)c1[N+](=O)[O-])C(=O)O. The molecule has 1 aromatic rings. The van der Waals surface area contributed by atoms with Gasteiger partial charge < -0.3 is 10.4 Å². The number of nitrogens with zero attached hydrogens (tertiary/aromatic N) is 1. The molecule has 1 aromatic carbocycles. The first-order valence-electron chi connectivity index (χ1n) is 6.35. The molecule has 0 unspecified atom stereocenters. The van der Waals surface area contributed by atoms with E-state index in [9.17, 15) is 19.7 Å². The second kappa shape index (κ2) is 7.58. The zero-order valence-electron chi connectivity index (χ0n) is 11.3. The van der Waals surface area contributed by atoms with Crippen molar-refractivity contribution in [1.82, 2.24) is 5.32 Å². The molecule has 0 aliphatic rings. The van der Waals surface area contributed by atoms with Crippen LogP contribution in [0, 0.1) is 10.1 Å². The van der Waals surface area contributed by atoms with Crippen molar-refractivity contribution in [2.75, 3.05) is 0 Å². The molecular weight excluding hydrogens is 300 g/mol. The van der Waals surface area contributed by atoms with E-state index in [1.807, 2.05) is 6.92 Å². The number of amides is 1. The molecule has 7 nitrogen and oxygen atoms in total. The molecule has 1 amide bonds. The van der Waals surface area contributed by atoms with Crippen LogP contribution >= 0.6 is 11.6 Å². The van der Waals surface area contributed by atoms with E-state index < -0.39 is 28.5 Å². The number of nitro benzene ring substituents is 1. The Labute approximate surface area is 126 Å². The van der Waals surface area contributed by atoms with E-state index in [1.54, 1.807) is 0 Å². The van der Waals surface area contributed by atoms with Crippen LogP contribution < -0.4 is 5.32 Å². The Kier molecular flexibility index (Phi) is 6.10. The third-order valence-electron chi connectivity index (χ3n) is 2.86. The molecule has 1 rings (SSSR count). The molecule has 0 aromatic heterocycles. The third kappa shape index (κ3) is 4.42. The number of para-hydroxylation sites is 1. The largest absolute Gasteiger partial charge is 0.480 e. The van der Waals surface area contributed by atoms with Gasteiger partial charge in [-0.15, -0.1) is 0 Å². The summed E-state index contributed by atoms with van der Waals surface area (Å²) in [6.07, 6.45) is 1.65. The molecule has 0 saturated heterocycles. The number of nitro groups is 1. The minimum Gasteiger partial charge on any atom is -0.480 e. The Balaban J connectivity index is 3.00. The van der Waals surface area contributed by atoms with Gasteiger partial charge in [0.25, 0.3) is 5.91 Å². The average Bonchev–Trinajstić information content (AvgIpc) is 2.42. The maximum Gasteiger partial charge on any atom is 0.326 e. The highest BCUT2D eigenvalue weighted by molar-refractivity contribution is 6.33. The number of aliphatic carboxylic acids is 1. The molecule has 114 valence electrons. The van der Waals surface area contributed by atoms with Gasteiger partial charge in [0.05, 0.1) is 4.92 Å². The van der Waals surface area contributed by atoms with Crippen LogP contribution in [0.5, 0.6) is 0 Å². The fourth-order valence-electron chi connectivity index (χ4n) is 1.79. The summed E-state index contributed by atoms with van der Waals surface area (Å²) in [5.74, 6) is -2.01. The van der Waals surface area contributed by atoms with E-state index >= 15 is 0 Å². The summed E-state index contributed by atoms with van der Waals surface area (Å²) in [4.78, 5) is 33.3. The minimum atomic E-state index is -1.18. The highest BCUT2D eigenvalue weighted by Crippen LogP contribution is 2.28. The Morgan fingerprint density at radius 3 is 2.67 bits per heavy atom. The predicted octanol–water partition coefficient (Wildman–Crippen LogP) is 2.62. The number of rotatable bonds is 7. The number of nitrogens with one attached hydrogen (secondary N) is 1. The first kappa shape index (κ1) is 16.9. The maximum atomic E-state index is 12.1. The van der Waals surface area contributed by atoms with Gasteiger partial charge in [-0.1, -0.05) is 37.4 Å². The summed E-state index contributed by atoms with van der Waals surface area (Å²) in [5, 5.41) is 22.1. The van der Waals surface area contributed by atoms with Crippen LogP contribution in [0.1, 0.15) is 36.5 Å². The molecule has 1 atom stereocenters. The second-order valence-corrected chi connectivity index (χ2v) is 4.81. The molecule has 0 saturated carbocycles. The maximum absolute atomic E-state index is 12.1. The minimum absolute atomic E-state index is 0.173. The van der Waals surface area contributed by atoms with Crippen molar-refractivity contribution in [3.8, 4) is 0 Å². The number of carbonyl (C=O) groups excluding carboxylic acids is 1. The van der Waals surface area contributed by atoms with Crippen LogP contribution in [0.15, 0.2) is 18.2 Å². The molecular formula is C13H15ClN2O5. The zero-order valence-corrected chi connectivity index (χ0v) is 12.1. The standard InChI is InChI=1S/C13H15ClN2O5/c1-2-3-7-10(13(18)19)15-12(17)8-5-4-6-9(14)11(8)16(20)21/h4-6,10H,2-3,7H2,1H3,(H,15,17)(H,18,19)/t10-/m0/s1. The fourth-order valence-corrected chi connectivity index (χ4v) is 2.03. The Morgan fingerprint density at radius 2 is 2.14 bits per heavy atom. The van der Waals surface area contributed by atoms with Crippen molar-refractivity contribution in [2.45, 2.75) is 32.2 Å². The number of hydrogen-bond donors (Lipinski definition) is 2. The highest BCUT2D eigenvalue weighted by atomic mass is 35.5. The van der Waals surface area contributed by atoms with E-state index in [4.69, 9.17) is 16.7 Å². The lowest BCUT2D eigenvalue weighted by molar-refractivity contribution is -0.385. The van der Waals surface area contributed by atoms with Crippen LogP contribution in [-0.2, 0) is 4.79 Å². The van der Waals surface area contributed by atoms with E-state index in [2.05, 4.69) is 5.32 Å². The van der Waals surface area contributed by atoms with E-state index in [1.165, 1.54) is 18.2 Å². The van der Waals surface area contributed by atoms with Gasteiger partial charge in [0.2, 0.25) is 0 Å². The van der Waals surface area contributed by atoms with Gasteiger partial charge in [-0.2, -0.15) is 0 Å². The lowest BCUT2D eigenvalue weighted by Crippen LogP contribution is -2.40. The van der Waals surface area contributed by atoms with Crippen LogP contribution in [0.2, 0.25) is 5.02 Å². The van der Waals surface area contributed by atoms with Crippen LogP contribution in [0.3, 0.4) is 0 Å². The quantitative estimate of drug-likeness (QED) is 0.594. The first-order valence-corrected chi connectivity index (χ1v) is 6.72.